The highest BCUT2D eigenvalue weighted by atomic mass is 79.9. The molecule has 3 aromatic rings. The number of benzene rings is 3. The number of phenolic OH excluding ortho intramolecular Hbond substituents is 1. The molecule has 0 saturated heterocycles. The van der Waals surface area contributed by atoms with Gasteiger partial charge in [-0.25, -0.2) is 0 Å². The van der Waals surface area contributed by atoms with Gasteiger partial charge in [-0.2, -0.15) is 0 Å². The van der Waals surface area contributed by atoms with Gasteiger partial charge in [0.2, 0.25) is 0 Å². The van der Waals surface area contributed by atoms with Crippen LogP contribution in [0.15, 0.2) is 82.8 Å². The van der Waals surface area contributed by atoms with Gasteiger partial charge in [0.25, 0.3) is 11.8 Å². The molecule has 0 aliphatic carbocycles. The number of rotatable bonds is 8. The van der Waals surface area contributed by atoms with Crippen LogP contribution in [0.1, 0.15) is 42.6 Å². The normalized spacial score (nSPS) is 12.2. The third-order valence-corrected chi connectivity index (χ3v) is 5.97. The molecule has 0 unspecified atom stereocenters. The van der Waals surface area contributed by atoms with Crippen molar-refractivity contribution in [3.63, 3.8) is 0 Å². The SMILES string of the molecule is COc1cc(C=C(C(=O)N[C@H](C)c2ccccc2)C(=O)N[C@H](C)c2ccccc2)cc(Br)c1O. The van der Waals surface area contributed by atoms with E-state index in [2.05, 4.69) is 26.6 Å². The van der Waals surface area contributed by atoms with Gasteiger partial charge < -0.3 is 20.5 Å². The molecule has 2 amide bonds. The number of carbonyl (C=O) groups is 2. The van der Waals surface area contributed by atoms with Crippen LogP contribution >= 0.6 is 15.9 Å². The summed E-state index contributed by atoms with van der Waals surface area (Å²) in [4.78, 5) is 26.5. The van der Waals surface area contributed by atoms with E-state index in [-0.39, 0.29) is 29.2 Å². The molecular formula is C27H27BrN2O4. The lowest BCUT2D eigenvalue weighted by Crippen LogP contribution is -2.36. The average Bonchev–Trinajstić information content (AvgIpc) is 2.85. The molecule has 2 atom stereocenters. The molecular weight excluding hydrogens is 496 g/mol. The maximum absolute atomic E-state index is 13.3. The molecule has 0 aromatic heterocycles. The fraction of sp³-hybridized carbons (Fsp3) is 0.185. The minimum absolute atomic E-state index is 0.0643. The first-order valence-electron chi connectivity index (χ1n) is 10.8. The fourth-order valence-electron chi connectivity index (χ4n) is 3.43. The number of hydrogen-bond donors (Lipinski definition) is 3. The standard InChI is InChI=1S/C27H27BrN2O4/c1-17(20-10-6-4-7-11-20)29-26(32)22(14-19-15-23(28)25(31)24(16-19)34-3)27(33)30-18(2)21-12-8-5-9-13-21/h4-18,31H,1-3H3,(H,29,32)(H,30,33)/t17-,18-/m1/s1. The number of halogens is 1. The zero-order valence-corrected chi connectivity index (χ0v) is 20.8. The van der Waals surface area contributed by atoms with E-state index in [1.165, 1.54) is 13.2 Å². The molecule has 34 heavy (non-hydrogen) atoms. The highest BCUT2D eigenvalue weighted by Crippen LogP contribution is 2.35. The van der Waals surface area contributed by atoms with Gasteiger partial charge in [0.05, 0.1) is 23.7 Å². The third-order valence-electron chi connectivity index (χ3n) is 5.37. The van der Waals surface area contributed by atoms with E-state index in [9.17, 15) is 14.7 Å². The Morgan fingerprint density at radius 3 is 1.79 bits per heavy atom. The third kappa shape index (κ3) is 6.26. The Morgan fingerprint density at radius 2 is 1.35 bits per heavy atom. The maximum atomic E-state index is 13.3. The number of nitrogens with one attached hydrogen (secondary N) is 2. The number of aromatic hydroxyl groups is 1. The van der Waals surface area contributed by atoms with Crippen molar-refractivity contribution in [2.45, 2.75) is 25.9 Å². The molecule has 0 bridgehead atoms. The molecule has 3 N–H and O–H groups in total. The molecule has 0 saturated carbocycles. The van der Waals surface area contributed by atoms with Crippen LogP contribution < -0.4 is 15.4 Å². The van der Waals surface area contributed by atoms with Gasteiger partial charge in [-0.3, -0.25) is 9.59 Å². The van der Waals surface area contributed by atoms with Crippen LogP contribution in [0.2, 0.25) is 0 Å². The number of phenols is 1. The second-order valence-corrected chi connectivity index (χ2v) is 8.68. The largest absolute Gasteiger partial charge is 0.503 e. The fourth-order valence-corrected chi connectivity index (χ4v) is 3.89. The second kappa shape index (κ2) is 11.5. The van der Waals surface area contributed by atoms with E-state index >= 15 is 0 Å². The van der Waals surface area contributed by atoms with E-state index in [1.54, 1.807) is 12.1 Å². The van der Waals surface area contributed by atoms with Crippen molar-refractivity contribution in [1.82, 2.24) is 10.6 Å². The van der Waals surface area contributed by atoms with Gasteiger partial charge in [0, 0.05) is 0 Å². The van der Waals surface area contributed by atoms with Crippen LogP contribution in [-0.2, 0) is 9.59 Å². The van der Waals surface area contributed by atoms with Crippen molar-refractivity contribution >= 4 is 33.8 Å². The Bertz CT molecular complexity index is 1120. The molecule has 7 heteroatoms. The van der Waals surface area contributed by atoms with Crippen LogP contribution in [0.4, 0.5) is 0 Å². The van der Waals surface area contributed by atoms with Crippen LogP contribution in [0.5, 0.6) is 11.5 Å². The van der Waals surface area contributed by atoms with Gasteiger partial charge in [0.15, 0.2) is 11.5 Å². The maximum Gasteiger partial charge on any atom is 0.257 e. The average molecular weight is 523 g/mol. The Morgan fingerprint density at radius 1 is 0.882 bits per heavy atom. The quantitative estimate of drug-likeness (QED) is 0.213. The smallest absolute Gasteiger partial charge is 0.257 e. The van der Waals surface area contributed by atoms with Crippen molar-refractivity contribution < 1.29 is 19.4 Å². The number of amides is 2. The minimum Gasteiger partial charge on any atom is -0.503 e. The van der Waals surface area contributed by atoms with Crippen molar-refractivity contribution in [3.05, 3.63) is 99.5 Å². The summed E-state index contributed by atoms with van der Waals surface area (Å²) in [6.07, 6.45) is 1.48. The molecule has 0 radical (unpaired) electrons. The Kier molecular flexibility index (Phi) is 8.49. The summed E-state index contributed by atoms with van der Waals surface area (Å²) in [5.74, 6) is -0.879. The molecule has 3 rings (SSSR count). The van der Waals surface area contributed by atoms with Crippen molar-refractivity contribution in [2.75, 3.05) is 7.11 Å². The number of methoxy groups -OCH3 is 1. The monoisotopic (exact) mass is 522 g/mol. The number of carbonyl (C=O) groups excluding carboxylic acids is 2. The molecule has 0 spiro atoms. The van der Waals surface area contributed by atoms with E-state index in [0.717, 1.165) is 11.1 Å². The Labute approximate surface area is 207 Å². The van der Waals surface area contributed by atoms with Crippen molar-refractivity contribution in [1.29, 1.82) is 0 Å². The predicted molar refractivity (Wildman–Crippen MR) is 136 cm³/mol. The summed E-state index contributed by atoms with van der Waals surface area (Å²) < 4.78 is 5.59. The highest BCUT2D eigenvalue weighted by molar-refractivity contribution is 9.10. The molecule has 0 aliphatic rings. The van der Waals surface area contributed by atoms with Crippen LogP contribution in [-0.4, -0.2) is 24.0 Å². The highest BCUT2D eigenvalue weighted by Gasteiger charge is 2.23. The molecule has 0 aliphatic heterocycles. The van der Waals surface area contributed by atoms with Crippen molar-refractivity contribution in [2.24, 2.45) is 0 Å². The first kappa shape index (κ1) is 25.1. The topological polar surface area (TPSA) is 87.7 Å². The molecule has 3 aromatic carbocycles. The number of ether oxygens (including phenoxy) is 1. The van der Waals surface area contributed by atoms with Gasteiger partial charge in [-0.15, -0.1) is 0 Å². The lowest BCUT2D eigenvalue weighted by molar-refractivity contribution is -0.124. The Hall–Kier alpha value is -3.58. The lowest BCUT2D eigenvalue weighted by Gasteiger charge is -2.18. The van der Waals surface area contributed by atoms with Gasteiger partial charge in [-0.1, -0.05) is 60.7 Å². The van der Waals surface area contributed by atoms with E-state index in [4.69, 9.17) is 4.74 Å². The zero-order chi connectivity index (χ0) is 24.7. The lowest BCUT2D eigenvalue weighted by atomic mass is 10.0. The van der Waals surface area contributed by atoms with Crippen LogP contribution in [0, 0.1) is 0 Å². The summed E-state index contributed by atoms with van der Waals surface area (Å²) in [6.45, 7) is 3.71. The van der Waals surface area contributed by atoms with Crippen molar-refractivity contribution in [3.8, 4) is 11.5 Å². The van der Waals surface area contributed by atoms with E-state index in [1.807, 2.05) is 74.5 Å². The molecule has 0 heterocycles. The molecule has 6 nitrogen and oxygen atoms in total. The predicted octanol–water partition coefficient (Wildman–Crippen LogP) is 5.30. The van der Waals surface area contributed by atoms with Gasteiger partial charge in [0.1, 0.15) is 5.57 Å². The summed E-state index contributed by atoms with van der Waals surface area (Å²) in [5, 5.41) is 15.9. The molecule has 0 fully saturated rings. The first-order valence-corrected chi connectivity index (χ1v) is 11.6. The number of hydrogen-bond acceptors (Lipinski definition) is 4. The molecule has 176 valence electrons. The van der Waals surface area contributed by atoms with Gasteiger partial charge in [-0.05, 0) is 64.7 Å². The van der Waals surface area contributed by atoms with E-state index < -0.39 is 11.8 Å². The van der Waals surface area contributed by atoms with Crippen LogP contribution in [0.3, 0.4) is 0 Å². The minimum atomic E-state index is -0.516. The summed E-state index contributed by atoms with van der Waals surface area (Å²) in [7, 11) is 1.43. The Balaban J connectivity index is 1.93. The first-order chi connectivity index (χ1) is 16.3. The second-order valence-electron chi connectivity index (χ2n) is 7.82. The van der Waals surface area contributed by atoms with E-state index in [0.29, 0.717) is 10.0 Å². The van der Waals surface area contributed by atoms with Gasteiger partial charge >= 0.3 is 0 Å². The summed E-state index contributed by atoms with van der Waals surface area (Å²) >= 11 is 3.28. The summed E-state index contributed by atoms with van der Waals surface area (Å²) in [6, 6.07) is 21.6. The zero-order valence-electron chi connectivity index (χ0n) is 19.2. The van der Waals surface area contributed by atoms with Crippen LogP contribution in [0.25, 0.3) is 6.08 Å². The summed E-state index contributed by atoms with van der Waals surface area (Å²) in [5.41, 5.74) is 2.29.